The van der Waals surface area contributed by atoms with Crippen LogP contribution in [0.3, 0.4) is 0 Å². The van der Waals surface area contributed by atoms with Crippen molar-refractivity contribution in [2.24, 2.45) is 68.1 Å². The molecule has 0 aliphatic carbocycles. The van der Waals surface area contributed by atoms with Gasteiger partial charge in [-0.15, -0.1) is 0 Å². The lowest BCUT2D eigenvalue weighted by Gasteiger charge is -2.20. The molecular formula is C70H50N24+4. The Hall–Kier alpha value is -13.1. The van der Waals surface area contributed by atoms with Crippen molar-refractivity contribution in [2.45, 2.75) is 0 Å². The summed E-state index contributed by atoms with van der Waals surface area (Å²) in [7, 11) is 11.8. The van der Waals surface area contributed by atoms with Gasteiger partial charge in [0.15, 0.2) is 94.2 Å². The van der Waals surface area contributed by atoms with Crippen molar-refractivity contribution in [1.29, 1.82) is 0 Å². The molecule has 0 fully saturated rings. The average molecular weight is 1230 g/mol. The summed E-state index contributed by atoms with van der Waals surface area (Å²) in [5, 5.41) is 1.11. The second-order valence-corrected chi connectivity index (χ2v) is 22.6. The lowest BCUT2D eigenvalue weighted by Crippen LogP contribution is -2.42. The number of aromatic nitrogens is 14. The first-order valence-corrected chi connectivity index (χ1v) is 30.0. The molecule has 94 heavy (non-hydrogen) atoms. The number of fused-ring (bicyclic) bond motifs is 16. The Labute approximate surface area is 535 Å². The summed E-state index contributed by atoms with van der Waals surface area (Å²) in [5.74, 6) is 0.953. The van der Waals surface area contributed by atoms with E-state index in [-0.39, 0.29) is 58.1 Å². The van der Waals surface area contributed by atoms with Crippen LogP contribution in [0.2, 0.25) is 0 Å². The predicted octanol–water partition coefficient (Wildman–Crippen LogP) is 4.33. The van der Waals surface area contributed by atoms with E-state index in [0.29, 0.717) is 90.4 Å². The maximum Gasteiger partial charge on any atom is 0.233 e. The minimum atomic E-state index is 0.103. The van der Waals surface area contributed by atoms with Gasteiger partial charge in [-0.05, 0) is 72.8 Å². The third-order valence-corrected chi connectivity index (χ3v) is 16.6. The fourth-order valence-electron chi connectivity index (χ4n) is 11.9. The number of allylic oxidation sites excluding steroid dienone is 4. The van der Waals surface area contributed by atoms with Gasteiger partial charge in [-0.25, -0.2) is 79.8 Å². The number of amidine groups is 8. The first-order chi connectivity index (χ1) is 46.1. The van der Waals surface area contributed by atoms with E-state index in [4.69, 9.17) is 89.8 Å². The molecular weight excluding hydrogens is 1180 g/mol. The number of hydrogen-bond acceptors (Lipinski definition) is 20. The van der Waals surface area contributed by atoms with Crippen LogP contribution >= 0.6 is 0 Å². The molecule has 7 aliphatic rings. The van der Waals surface area contributed by atoms with Crippen molar-refractivity contribution in [1.82, 2.24) is 59.6 Å². The molecule has 17 rings (SSSR count). The summed E-state index contributed by atoms with van der Waals surface area (Å²) in [6, 6.07) is 34.9. The third kappa shape index (κ3) is 9.13. The normalized spacial score (nSPS) is 16.5. The second kappa shape index (κ2) is 21.8. The van der Waals surface area contributed by atoms with Gasteiger partial charge in [-0.1, -0.05) is 24.3 Å². The summed E-state index contributed by atoms with van der Waals surface area (Å²) in [6.45, 7) is 0. The predicted molar refractivity (Wildman–Crippen MR) is 351 cm³/mol. The van der Waals surface area contributed by atoms with E-state index in [1.54, 1.807) is 12.4 Å². The van der Waals surface area contributed by atoms with E-state index in [0.717, 1.165) is 34.2 Å². The van der Waals surface area contributed by atoms with Crippen molar-refractivity contribution in [3.63, 3.8) is 0 Å². The topological polar surface area (TPSA) is 250 Å². The van der Waals surface area contributed by atoms with Gasteiger partial charge in [0.25, 0.3) is 0 Å². The quantitative estimate of drug-likeness (QED) is 0.211. The summed E-state index contributed by atoms with van der Waals surface area (Å²) >= 11 is 0. The molecule has 0 saturated carbocycles. The molecule has 0 atom stereocenters. The Kier molecular flexibility index (Phi) is 12.8. The highest BCUT2D eigenvalue weighted by Gasteiger charge is 2.40. The molecule has 0 radical (unpaired) electrons. The van der Waals surface area contributed by atoms with Gasteiger partial charge in [0.1, 0.15) is 95.8 Å². The highest BCUT2D eigenvalue weighted by atomic mass is 15.2. The number of nitrogens with zero attached hydrogens (tertiary/aromatic N) is 24. The Bertz CT molecular complexity index is 5580. The largest absolute Gasteiger partial charge is 0.349 e. The molecule has 0 saturated heterocycles. The third-order valence-electron chi connectivity index (χ3n) is 16.6. The standard InChI is InChI=1S/C70H50N24/c1-89-33-17-9-25-41(89)49-51(43-27-11-19-35-91(43)3)77-59-57(75-49)65-82-63-55-56(74-48(40-24-8-16-32-72-40)47(73-55)39-23-7-15-31-71-39)64(81-63)83-66-58-60(78-52(44-28-12-20-36-92(44)4)50(76-58)42-26-10-18-34-90(42)2)68(85-66)87-70-62-61(69(88-70)86-67(59)84-65)79-53(45-29-13-21-37-93(45)5)54(80-62)46-30-14-22-38-94(46)6/h7-38H,1-6H3/q+4. The van der Waals surface area contributed by atoms with E-state index >= 15 is 0 Å². The molecule has 10 aromatic rings. The second-order valence-electron chi connectivity index (χ2n) is 22.6. The van der Waals surface area contributed by atoms with Crippen LogP contribution in [-0.4, -0.2) is 120 Å². The highest BCUT2D eigenvalue weighted by Crippen LogP contribution is 2.36. The molecule has 446 valence electrons. The van der Waals surface area contributed by atoms with Gasteiger partial charge < -0.3 is 9.80 Å². The molecule has 7 aliphatic heterocycles. The minimum absolute atomic E-state index is 0.103. The molecule has 24 heteroatoms. The lowest BCUT2D eigenvalue weighted by atomic mass is 10.1. The average Bonchev–Trinajstić information content (AvgIpc) is 1.58. The van der Waals surface area contributed by atoms with Crippen molar-refractivity contribution >= 4 is 58.1 Å². The van der Waals surface area contributed by atoms with E-state index in [1.807, 2.05) is 253 Å². The lowest BCUT2D eigenvalue weighted by molar-refractivity contribution is -0.662. The zero-order chi connectivity index (χ0) is 63.3. The zero-order valence-electron chi connectivity index (χ0n) is 51.2. The number of rotatable bonds is 6. The summed E-state index contributed by atoms with van der Waals surface area (Å²) in [4.78, 5) is 100. The molecule has 0 N–H and O–H groups in total. The van der Waals surface area contributed by atoms with Crippen LogP contribution in [0.5, 0.6) is 0 Å². The fraction of sp³-hybridized carbons (Fsp3) is 0.0857. The SMILES string of the molecule is CN1C=CC=CC1=c1nc2c(nc1=C1C=CC=CN1C)C1=NC2=NC2=NC(=NC3=NC(=NC4=NC(=N1)c1nc(-c5ccccn5)c(-c5ccccn5)nc14)c1nc(-c4cccc[n+]4C)c(-c4cccc[n+]4C)nc13)c1nc(-c3cccc[n+]3C)c(-c3cccc[n+]3C)nc12. The first-order valence-electron chi connectivity index (χ1n) is 30.0. The van der Waals surface area contributed by atoms with Gasteiger partial charge in [0, 0.05) is 87.4 Å². The molecule has 0 spiro atoms. The number of likely N-dealkylation sites (N-methyl/N-ethyl adjacent to an activating group) is 2. The van der Waals surface area contributed by atoms with Crippen molar-refractivity contribution in [3.05, 3.63) is 251 Å². The Morgan fingerprint density at radius 3 is 0.798 bits per heavy atom. The van der Waals surface area contributed by atoms with Crippen LogP contribution in [0.4, 0.5) is 0 Å². The zero-order valence-corrected chi connectivity index (χ0v) is 51.2. The van der Waals surface area contributed by atoms with E-state index in [1.165, 1.54) is 0 Å². The number of aliphatic imine (C=N–C) groups is 8. The summed E-state index contributed by atoms with van der Waals surface area (Å²) in [6.07, 6.45) is 27.1. The van der Waals surface area contributed by atoms with Crippen LogP contribution in [0.25, 0.3) is 79.7 Å². The van der Waals surface area contributed by atoms with E-state index < -0.39 is 0 Å². The number of pyridine rings is 6. The minimum Gasteiger partial charge on any atom is -0.349 e. The van der Waals surface area contributed by atoms with Crippen LogP contribution in [0, 0.1) is 0 Å². The fourth-order valence-corrected chi connectivity index (χ4v) is 11.9. The monoisotopic (exact) mass is 1230 g/mol. The summed E-state index contributed by atoms with van der Waals surface area (Å²) < 4.78 is 8.00. The van der Waals surface area contributed by atoms with Gasteiger partial charge in [-0.2, -0.15) is 18.3 Å². The summed E-state index contributed by atoms with van der Waals surface area (Å²) in [5.41, 5.74) is 11.1. The Morgan fingerprint density at radius 1 is 0.277 bits per heavy atom. The van der Waals surface area contributed by atoms with Crippen molar-refractivity contribution in [2.75, 3.05) is 14.1 Å². The van der Waals surface area contributed by atoms with Crippen molar-refractivity contribution < 1.29 is 18.3 Å². The van der Waals surface area contributed by atoms with Crippen LogP contribution in [-0.2, 0) is 28.2 Å². The van der Waals surface area contributed by atoms with Crippen LogP contribution < -0.4 is 29.0 Å². The maximum atomic E-state index is 5.55. The molecule has 17 heterocycles. The molecule has 0 aromatic carbocycles. The maximum absolute atomic E-state index is 5.55. The molecule has 24 nitrogen and oxygen atoms in total. The molecule has 10 aromatic heterocycles. The number of hydrogen-bond donors (Lipinski definition) is 0. The Morgan fingerprint density at radius 2 is 0.543 bits per heavy atom. The van der Waals surface area contributed by atoms with Crippen LogP contribution in [0.15, 0.2) is 235 Å². The van der Waals surface area contributed by atoms with Gasteiger partial charge >= 0.3 is 0 Å². The smallest absolute Gasteiger partial charge is 0.233 e. The first kappa shape index (κ1) is 55.0. The van der Waals surface area contributed by atoms with Gasteiger partial charge in [0.2, 0.25) is 22.8 Å². The van der Waals surface area contributed by atoms with E-state index in [2.05, 4.69) is 0 Å². The number of aryl methyl sites for hydroxylation is 4. The highest BCUT2D eigenvalue weighted by molar-refractivity contribution is 6.34. The van der Waals surface area contributed by atoms with Crippen LogP contribution in [0.1, 0.15) is 45.6 Å². The molecule has 0 unspecified atom stereocenters. The van der Waals surface area contributed by atoms with Crippen molar-refractivity contribution in [3.8, 4) is 68.3 Å². The van der Waals surface area contributed by atoms with Gasteiger partial charge in [0.05, 0.1) is 22.8 Å². The molecule has 8 bridgehead atoms. The Balaban J connectivity index is 1.00. The van der Waals surface area contributed by atoms with E-state index in [9.17, 15) is 0 Å². The molecule has 0 amide bonds. The van der Waals surface area contributed by atoms with Gasteiger partial charge in [-0.3, -0.25) is 9.97 Å².